The van der Waals surface area contributed by atoms with Crippen LogP contribution in [0.3, 0.4) is 0 Å². The molecule has 4 aromatic carbocycles. The number of carbonyl (C=O) groups excluding carboxylic acids is 4. The fourth-order valence-corrected chi connectivity index (χ4v) is 10.4. The number of nitro groups is 2. The van der Waals surface area contributed by atoms with E-state index in [2.05, 4.69) is 0 Å². The lowest BCUT2D eigenvalue weighted by molar-refractivity contribution is -0.389. The van der Waals surface area contributed by atoms with E-state index in [1.807, 2.05) is 0 Å². The van der Waals surface area contributed by atoms with Crippen LogP contribution in [0.15, 0.2) is 94.7 Å². The monoisotopic (exact) mass is 962 g/mol. The van der Waals surface area contributed by atoms with Crippen molar-refractivity contribution >= 4 is 59.0 Å². The van der Waals surface area contributed by atoms with Crippen molar-refractivity contribution in [3.8, 4) is 11.5 Å². The molecule has 69 heavy (non-hydrogen) atoms. The minimum absolute atomic E-state index is 0.0749. The van der Waals surface area contributed by atoms with Gasteiger partial charge in [0.2, 0.25) is 11.8 Å². The van der Waals surface area contributed by atoms with Gasteiger partial charge < -0.3 is 29.0 Å². The highest BCUT2D eigenvalue weighted by molar-refractivity contribution is 7.99. The number of nitrogens with zero attached hydrogens (tertiary/aromatic N) is 4. The summed E-state index contributed by atoms with van der Waals surface area (Å²) in [5.41, 5.74) is 1.56. The molecule has 8 rings (SSSR count). The third-order valence-corrected chi connectivity index (χ3v) is 13.8. The summed E-state index contributed by atoms with van der Waals surface area (Å²) in [4.78, 5) is 103. The Balaban J connectivity index is 1.18. The molecule has 0 saturated carbocycles. The second kappa shape index (κ2) is 21.9. The molecule has 4 heterocycles. The van der Waals surface area contributed by atoms with Crippen LogP contribution in [-0.2, 0) is 38.4 Å². The van der Waals surface area contributed by atoms with Crippen molar-refractivity contribution in [1.82, 2.24) is 9.80 Å². The van der Waals surface area contributed by atoms with Gasteiger partial charge in [-0.3, -0.25) is 39.4 Å². The van der Waals surface area contributed by atoms with Gasteiger partial charge >= 0.3 is 11.9 Å². The van der Waals surface area contributed by atoms with Gasteiger partial charge in [0.25, 0.3) is 11.4 Å². The average molecular weight is 963 g/mol. The van der Waals surface area contributed by atoms with Crippen LogP contribution in [0.4, 0.5) is 11.4 Å². The molecule has 0 bridgehead atoms. The van der Waals surface area contributed by atoms with Crippen LogP contribution in [0, 0.1) is 32.1 Å². The first kappa shape index (κ1) is 48.4. The maximum Gasteiger partial charge on any atom is 0.309 e. The largest absolute Gasteiger partial charge is 0.466 e. The molecule has 18 nitrogen and oxygen atoms in total. The van der Waals surface area contributed by atoms with Crippen molar-refractivity contribution in [3.05, 3.63) is 139 Å². The lowest BCUT2D eigenvalue weighted by atomic mass is 9.86. The Kier molecular flexibility index (Phi) is 15.4. The first-order chi connectivity index (χ1) is 33.5. The maximum absolute atomic E-state index is 13.6. The number of likely N-dealkylation sites (tertiary alicyclic amines) is 2. The molecule has 0 aliphatic carbocycles. The quantitative estimate of drug-likeness (QED) is 0.0383. The van der Waals surface area contributed by atoms with Crippen molar-refractivity contribution in [1.29, 1.82) is 0 Å². The first-order valence-electron chi connectivity index (χ1n) is 22.8. The number of hydrogen-bond donors (Lipinski definition) is 0. The Bertz CT molecular complexity index is 2510. The zero-order chi connectivity index (χ0) is 48.6. The standard InChI is InChI=1S/C50H50N4O14S/c1-3-63-49(57)33-21-25-51(26-22-33)43(55)19-15-31-13-17-41(47(53(59)60)45(31)37-29-65-67-39-11-7-5-9-35(37)39)69-42-18-14-32(16-20-44(56)52-27-23-34(24-28-52)50(58)64-4-2)46(48(42)54(61)62)38-30-66-68-40-12-8-6-10-36(38)40/h5-20,33-34,37-38H,3-4,21-30H2,1-2H3/b19-15+,20-16+. The number of para-hydroxylation sites is 2. The summed E-state index contributed by atoms with van der Waals surface area (Å²) in [5, 5.41) is 27.0. The molecule has 360 valence electrons. The topological polar surface area (TPSA) is 216 Å². The van der Waals surface area contributed by atoms with E-state index in [9.17, 15) is 39.4 Å². The lowest BCUT2D eigenvalue weighted by Gasteiger charge is -2.30. The number of fused-ring (bicyclic) bond motifs is 2. The zero-order valence-corrected chi connectivity index (χ0v) is 38.8. The van der Waals surface area contributed by atoms with Crippen LogP contribution in [0.1, 0.15) is 84.7 Å². The van der Waals surface area contributed by atoms with E-state index >= 15 is 0 Å². The predicted octanol–water partition coefficient (Wildman–Crippen LogP) is 8.20. The fraction of sp³-hybridized carbons (Fsp3) is 0.360. The van der Waals surface area contributed by atoms with Crippen LogP contribution in [0.2, 0.25) is 0 Å². The van der Waals surface area contributed by atoms with Gasteiger partial charge in [-0.2, -0.15) is 9.78 Å². The van der Waals surface area contributed by atoms with E-state index in [-0.39, 0.29) is 94.3 Å². The highest BCUT2D eigenvalue weighted by atomic mass is 32.2. The second-order valence-corrected chi connectivity index (χ2v) is 17.8. The Morgan fingerprint density at radius 1 is 0.623 bits per heavy atom. The lowest BCUT2D eigenvalue weighted by Crippen LogP contribution is -2.39. The van der Waals surface area contributed by atoms with Gasteiger partial charge in [-0.25, -0.2) is 0 Å². The maximum atomic E-state index is 13.6. The van der Waals surface area contributed by atoms with Gasteiger partial charge in [0.1, 0.15) is 13.2 Å². The molecule has 0 N–H and O–H groups in total. The normalized spacial score (nSPS) is 18.5. The molecule has 0 radical (unpaired) electrons. The molecule has 2 unspecified atom stereocenters. The molecule has 0 aromatic heterocycles. The zero-order valence-electron chi connectivity index (χ0n) is 37.9. The third-order valence-electron chi connectivity index (χ3n) is 12.7. The van der Waals surface area contributed by atoms with Gasteiger partial charge in [-0.05, 0) is 87.1 Å². The summed E-state index contributed by atoms with van der Waals surface area (Å²) >= 11 is 0.838. The van der Waals surface area contributed by atoms with E-state index < -0.39 is 21.7 Å². The van der Waals surface area contributed by atoms with Gasteiger partial charge in [0.15, 0.2) is 11.5 Å². The number of benzene rings is 4. The minimum Gasteiger partial charge on any atom is -0.466 e. The molecule has 4 aromatic rings. The number of rotatable bonds is 14. The van der Waals surface area contributed by atoms with Crippen LogP contribution >= 0.6 is 11.8 Å². The van der Waals surface area contributed by atoms with Crippen LogP contribution < -0.4 is 9.78 Å². The van der Waals surface area contributed by atoms with Crippen molar-refractivity contribution in [3.63, 3.8) is 0 Å². The van der Waals surface area contributed by atoms with E-state index in [1.165, 1.54) is 36.4 Å². The molecule has 2 atom stereocenters. The summed E-state index contributed by atoms with van der Waals surface area (Å²) in [5.74, 6) is -2.74. The number of amides is 2. The third kappa shape index (κ3) is 10.6. The van der Waals surface area contributed by atoms with Crippen molar-refractivity contribution in [2.45, 2.75) is 61.2 Å². The fourth-order valence-electron chi connectivity index (χ4n) is 9.29. The minimum atomic E-state index is -0.770. The van der Waals surface area contributed by atoms with Crippen LogP contribution in [0.5, 0.6) is 11.5 Å². The Morgan fingerprint density at radius 3 is 1.39 bits per heavy atom. The summed E-state index contributed by atoms with van der Waals surface area (Å²) in [6.45, 7) is 5.06. The van der Waals surface area contributed by atoms with Crippen molar-refractivity contribution in [2.75, 3.05) is 52.6 Å². The number of ether oxygens (including phenoxy) is 2. The Labute approximate surface area is 401 Å². The van der Waals surface area contributed by atoms with Crippen molar-refractivity contribution < 1.29 is 58.0 Å². The van der Waals surface area contributed by atoms with Gasteiger partial charge in [0.05, 0.1) is 44.7 Å². The van der Waals surface area contributed by atoms with Gasteiger partial charge in [-0.1, -0.05) is 60.3 Å². The van der Waals surface area contributed by atoms with E-state index in [0.29, 0.717) is 85.6 Å². The molecule has 2 fully saturated rings. The summed E-state index contributed by atoms with van der Waals surface area (Å²) in [6.07, 6.45) is 7.48. The molecule has 2 amide bonds. The summed E-state index contributed by atoms with van der Waals surface area (Å²) in [7, 11) is 0. The van der Waals surface area contributed by atoms with E-state index in [0.717, 1.165) is 11.8 Å². The SMILES string of the molecule is CCOC(=O)C1CCN(C(=O)/C=C/c2ccc(Sc3ccc(/C=C/C(=O)N4CCC(C(=O)OCC)CC4)c(C4COOc5ccccc54)c3[N+](=O)[O-])c([N+](=O)[O-])c2C2COOc3ccccc32)CC1. The molecule has 4 aliphatic heterocycles. The van der Waals surface area contributed by atoms with E-state index in [1.54, 1.807) is 84.3 Å². The van der Waals surface area contributed by atoms with Crippen LogP contribution in [0.25, 0.3) is 12.2 Å². The Morgan fingerprint density at radius 2 is 1.01 bits per heavy atom. The highest BCUT2D eigenvalue weighted by Gasteiger charge is 2.38. The summed E-state index contributed by atoms with van der Waals surface area (Å²) in [6, 6.07) is 20.2. The molecule has 19 heteroatoms. The smallest absolute Gasteiger partial charge is 0.309 e. The number of esters is 2. The van der Waals surface area contributed by atoms with Crippen LogP contribution in [-0.4, -0.2) is 96.0 Å². The van der Waals surface area contributed by atoms with Gasteiger partial charge in [0, 0.05) is 72.4 Å². The molecule has 2 saturated heterocycles. The number of hydrogen-bond acceptors (Lipinski definition) is 15. The molecule has 0 spiro atoms. The molecule has 4 aliphatic rings. The number of piperidine rings is 2. The number of carbonyl (C=O) groups is 4. The number of nitro benzene ring substituents is 2. The molecular weight excluding hydrogens is 913 g/mol. The predicted molar refractivity (Wildman–Crippen MR) is 250 cm³/mol. The van der Waals surface area contributed by atoms with Gasteiger partial charge in [-0.15, -0.1) is 0 Å². The molecular formula is C50H50N4O14S. The summed E-state index contributed by atoms with van der Waals surface area (Å²) < 4.78 is 10.3. The second-order valence-electron chi connectivity index (χ2n) is 16.7. The average Bonchev–Trinajstić information content (AvgIpc) is 3.37. The Hall–Kier alpha value is -7.09. The first-order valence-corrected chi connectivity index (χ1v) is 23.6. The highest BCUT2D eigenvalue weighted by Crippen LogP contribution is 2.50. The van der Waals surface area contributed by atoms with Crippen molar-refractivity contribution in [2.24, 2.45) is 11.8 Å². The van der Waals surface area contributed by atoms with E-state index in [4.69, 9.17) is 29.0 Å².